The first kappa shape index (κ1) is 25.5. The van der Waals surface area contributed by atoms with Gasteiger partial charge in [0.25, 0.3) is 6.43 Å². The summed E-state index contributed by atoms with van der Waals surface area (Å²) >= 11 is 6.03. The molecule has 0 aromatic carbocycles. The number of nitrogens with zero attached hydrogens (tertiary/aromatic N) is 4. The summed E-state index contributed by atoms with van der Waals surface area (Å²) in [5, 5.41) is 18.1. The van der Waals surface area contributed by atoms with Gasteiger partial charge in [-0.1, -0.05) is 12.8 Å². The zero-order valence-electron chi connectivity index (χ0n) is 16.7. The highest BCUT2D eigenvalue weighted by Crippen LogP contribution is 2.39. The molecule has 0 atom stereocenters. The van der Waals surface area contributed by atoms with Crippen molar-refractivity contribution in [2.24, 2.45) is 0 Å². The molecule has 7 nitrogen and oxygen atoms in total. The number of aliphatic hydroxyl groups is 1. The number of rotatable bonds is 5. The molecule has 2 aromatic rings. The highest BCUT2D eigenvalue weighted by Gasteiger charge is 2.26. The molecule has 0 spiro atoms. The van der Waals surface area contributed by atoms with Crippen LogP contribution in [-0.4, -0.2) is 43.3 Å². The van der Waals surface area contributed by atoms with E-state index in [-0.39, 0.29) is 5.28 Å². The first-order valence-corrected chi connectivity index (χ1v) is 9.89. The van der Waals surface area contributed by atoms with Gasteiger partial charge in [-0.3, -0.25) is 5.10 Å². The highest BCUT2D eigenvalue weighted by atomic mass is 35.5. The van der Waals surface area contributed by atoms with E-state index in [4.69, 9.17) is 16.7 Å². The first-order valence-electron chi connectivity index (χ1n) is 9.51. The van der Waals surface area contributed by atoms with Crippen LogP contribution in [0.1, 0.15) is 61.9 Å². The van der Waals surface area contributed by atoms with Gasteiger partial charge in [-0.15, -0.1) is 26.0 Å². The summed E-state index contributed by atoms with van der Waals surface area (Å²) in [5.41, 5.74) is 1.17. The van der Waals surface area contributed by atoms with E-state index >= 15 is 0 Å². The number of terminal acetylenes is 1. The lowest BCUT2D eigenvalue weighted by molar-refractivity contribution is 0.0700. The SMILES string of the molecule is C#C.C=C.Clc1nc(Nc2cc(C3CC3)[nH]n2)nc(C2CCCC2)n1.OCC(F)F. The average molecular weight is 441 g/mol. The van der Waals surface area contributed by atoms with Crippen molar-refractivity contribution >= 4 is 23.4 Å². The number of alkyl halides is 2. The summed E-state index contributed by atoms with van der Waals surface area (Å²) in [4.78, 5) is 12.9. The van der Waals surface area contributed by atoms with Crippen molar-refractivity contribution in [1.82, 2.24) is 25.1 Å². The molecule has 10 heteroatoms. The molecule has 0 unspecified atom stereocenters. The third kappa shape index (κ3) is 8.43. The smallest absolute Gasteiger partial charge is 0.261 e. The molecule has 2 aliphatic rings. The van der Waals surface area contributed by atoms with Gasteiger partial charge in [0.05, 0.1) is 0 Å². The maximum Gasteiger partial charge on any atom is 0.261 e. The quantitative estimate of drug-likeness (QED) is 0.455. The number of anilines is 2. The van der Waals surface area contributed by atoms with E-state index in [2.05, 4.69) is 56.5 Å². The number of aliphatic hydroxyl groups excluding tert-OH is 1. The van der Waals surface area contributed by atoms with Gasteiger partial charge < -0.3 is 10.4 Å². The zero-order chi connectivity index (χ0) is 22.5. The van der Waals surface area contributed by atoms with Crippen LogP contribution in [0.4, 0.5) is 20.5 Å². The topological polar surface area (TPSA) is 99.6 Å². The summed E-state index contributed by atoms with van der Waals surface area (Å²) in [6, 6.07) is 2.02. The van der Waals surface area contributed by atoms with Gasteiger partial charge in [0, 0.05) is 23.6 Å². The van der Waals surface area contributed by atoms with E-state index in [0.29, 0.717) is 17.8 Å². The Bertz CT molecular complexity index is 776. The Morgan fingerprint density at radius 3 is 2.27 bits per heavy atom. The Hall–Kier alpha value is -2.57. The first-order chi connectivity index (χ1) is 14.5. The lowest BCUT2D eigenvalue weighted by Gasteiger charge is -2.09. The van der Waals surface area contributed by atoms with Crippen LogP contribution in [0.5, 0.6) is 0 Å². The lowest BCUT2D eigenvalue weighted by atomic mass is 10.1. The number of hydrogen-bond donors (Lipinski definition) is 3. The van der Waals surface area contributed by atoms with Crippen LogP contribution in [-0.2, 0) is 0 Å². The fraction of sp³-hybridized carbons (Fsp3) is 0.500. The van der Waals surface area contributed by atoms with E-state index in [0.717, 1.165) is 24.5 Å². The van der Waals surface area contributed by atoms with Gasteiger partial charge in [0.15, 0.2) is 5.82 Å². The van der Waals surface area contributed by atoms with Crippen molar-refractivity contribution in [3.05, 3.63) is 36.0 Å². The third-order valence-electron chi connectivity index (χ3n) is 4.34. The van der Waals surface area contributed by atoms with Gasteiger partial charge in [-0.05, 0) is 37.3 Å². The summed E-state index contributed by atoms with van der Waals surface area (Å²) in [7, 11) is 0. The molecule has 2 fully saturated rings. The second-order valence-corrected chi connectivity index (χ2v) is 6.79. The number of H-pyrrole nitrogens is 1. The Morgan fingerprint density at radius 2 is 1.73 bits per heavy atom. The monoisotopic (exact) mass is 440 g/mol. The molecule has 4 rings (SSSR count). The molecule has 30 heavy (non-hydrogen) atoms. The van der Waals surface area contributed by atoms with Crippen molar-refractivity contribution in [2.75, 3.05) is 11.9 Å². The Balaban J connectivity index is 0.000000435. The van der Waals surface area contributed by atoms with Crippen LogP contribution < -0.4 is 5.32 Å². The van der Waals surface area contributed by atoms with E-state index in [1.54, 1.807) is 0 Å². The molecule has 0 radical (unpaired) electrons. The average Bonchev–Trinajstić information content (AvgIpc) is 3.26. The van der Waals surface area contributed by atoms with E-state index < -0.39 is 13.0 Å². The van der Waals surface area contributed by atoms with Crippen molar-refractivity contribution in [3.63, 3.8) is 0 Å². The molecule has 2 saturated carbocycles. The molecule has 0 amide bonds. The zero-order valence-corrected chi connectivity index (χ0v) is 17.5. The fourth-order valence-corrected chi connectivity index (χ4v) is 3.07. The Morgan fingerprint density at radius 1 is 1.13 bits per heavy atom. The van der Waals surface area contributed by atoms with Crippen molar-refractivity contribution in [1.29, 1.82) is 0 Å². The summed E-state index contributed by atoms with van der Waals surface area (Å²) in [6.07, 6.45) is 12.7. The molecule has 0 bridgehead atoms. The highest BCUT2D eigenvalue weighted by molar-refractivity contribution is 6.28. The molecular weight excluding hydrogens is 414 g/mol. The van der Waals surface area contributed by atoms with Crippen LogP contribution in [0.2, 0.25) is 5.28 Å². The van der Waals surface area contributed by atoms with Crippen molar-refractivity contribution in [3.8, 4) is 12.8 Å². The molecular formula is C20H27ClF2N6O. The second-order valence-electron chi connectivity index (χ2n) is 6.45. The minimum Gasteiger partial charge on any atom is -0.390 e. The molecule has 2 heterocycles. The predicted octanol–water partition coefficient (Wildman–Crippen LogP) is 4.82. The van der Waals surface area contributed by atoms with Crippen LogP contribution in [0.25, 0.3) is 0 Å². The lowest BCUT2D eigenvalue weighted by Crippen LogP contribution is -2.06. The van der Waals surface area contributed by atoms with Crippen LogP contribution in [0, 0.1) is 12.8 Å². The van der Waals surface area contributed by atoms with Gasteiger partial charge >= 0.3 is 0 Å². The van der Waals surface area contributed by atoms with Crippen LogP contribution >= 0.6 is 11.6 Å². The van der Waals surface area contributed by atoms with Crippen LogP contribution in [0.15, 0.2) is 19.2 Å². The van der Waals surface area contributed by atoms with Crippen LogP contribution in [0.3, 0.4) is 0 Å². The minimum absolute atomic E-state index is 0.243. The van der Waals surface area contributed by atoms with Gasteiger partial charge in [0.1, 0.15) is 12.4 Å². The third-order valence-corrected chi connectivity index (χ3v) is 4.51. The fourth-order valence-electron chi connectivity index (χ4n) is 2.91. The normalized spacial score (nSPS) is 15.2. The standard InChI is InChI=1S/C14H17ClN6.C2H4F2O.C2H4.C2H2/c15-13-17-12(9-3-1-2-4-9)18-14(19-13)16-11-7-10(20-21-11)8-5-6-8;3-2(4)1-5;2*1-2/h7-9H,1-6H2,(H2,16,17,18,19,20,21);2,5H,1H2;1-2H2;1-2H. The number of hydrogen-bond acceptors (Lipinski definition) is 6. The maximum absolute atomic E-state index is 10.5. The molecule has 0 aliphatic heterocycles. The summed E-state index contributed by atoms with van der Waals surface area (Å²) in [6.45, 7) is 4.97. The predicted molar refractivity (Wildman–Crippen MR) is 114 cm³/mol. The van der Waals surface area contributed by atoms with Gasteiger partial charge in [0.2, 0.25) is 11.2 Å². The second kappa shape index (κ2) is 13.6. The van der Waals surface area contributed by atoms with Crippen molar-refractivity contribution < 1.29 is 13.9 Å². The minimum atomic E-state index is -2.56. The molecule has 164 valence electrons. The summed E-state index contributed by atoms with van der Waals surface area (Å²) in [5.74, 6) is 3.06. The molecule has 2 aliphatic carbocycles. The van der Waals surface area contributed by atoms with Crippen molar-refractivity contribution in [2.45, 2.75) is 56.8 Å². The number of aromatic amines is 1. The largest absolute Gasteiger partial charge is 0.390 e. The van der Waals surface area contributed by atoms with Gasteiger partial charge in [-0.2, -0.15) is 15.1 Å². The molecule has 3 N–H and O–H groups in total. The number of nitrogens with one attached hydrogen (secondary N) is 2. The maximum atomic E-state index is 10.5. The Labute approximate surface area is 180 Å². The van der Waals surface area contributed by atoms with Gasteiger partial charge in [-0.25, -0.2) is 13.8 Å². The number of halogens is 3. The molecule has 2 aromatic heterocycles. The Kier molecular flexibility index (Phi) is 11.6. The van der Waals surface area contributed by atoms with E-state index in [9.17, 15) is 8.78 Å². The molecule has 0 saturated heterocycles. The number of aromatic nitrogens is 5. The summed E-state index contributed by atoms with van der Waals surface area (Å²) < 4.78 is 21.0. The van der Waals surface area contributed by atoms with E-state index in [1.165, 1.54) is 31.4 Å². The van der Waals surface area contributed by atoms with E-state index in [1.807, 2.05) is 6.07 Å².